The molecule has 14 heteroatoms. The third-order valence-corrected chi connectivity index (χ3v) is 8.93. The van der Waals surface area contributed by atoms with Gasteiger partial charge in [0.2, 0.25) is 10.0 Å². The minimum atomic E-state index is -4.45. The van der Waals surface area contributed by atoms with Gasteiger partial charge in [0.25, 0.3) is 10.0 Å². The van der Waals surface area contributed by atoms with Crippen molar-refractivity contribution in [2.24, 2.45) is 0 Å². The minimum absolute atomic E-state index is 0.00585. The highest BCUT2D eigenvalue weighted by molar-refractivity contribution is 9.10. The Morgan fingerprint density at radius 2 is 1.67 bits per heavy atom. The lowest BCUT2D eigenvalue weighted by atomic mass is 10.2. The molecule has 0 fully saturated rings. The summed E-state index contributed by atoms with van der Waals surface area (Å²) in [6.07, 6.45) is -0.452. The van der Waals surface area contributed by atoms with Crippen molar-refractivity contribution in [2.45, 2.75) is 49.5 Å². The maximum atomic E-state index is 13.7. The van der Waals surface area contributed by atoms with Gasteiger partial charge in [0.1, 0.15) is 10.5 Å². The number of rotatable bonds is 10. The zero-order valence-electron chi connectivity index (χ0n) is 21.9. The number of aromatic nitrogens is 1. The van der Waals surface area contributed by atoms with Crippen molar-refractivity contribution in [1.29, 1.82) is 0 Å². The first-order valence-electron chi connectivity index (χ1n) is 12.0. The minimum Gasteiger partial charge on any atom is -0.461 e. The van der Waals surface area contributed by atoms with Crippen LogP contribution in [0.1, 0.15) is 44.6 Å². The van der Waals surface area contributed by atoms with Gasteiger partial charge in [-0.15, -0.1) is 0 Å². The summed E-state index contributed by atoms with van der Waals surface area (Å²) in [5.74, 6) is -1.11. The number of nitrogens with zero attached hydrogens (tertiary/aromatic N) is 1. The number of amides is 1. The monoisotopic (exact) mass is 643 g/mol. The normalized spacial score (nSPS) is 12.3. The Hall–Kier alpha value is -2.94. The molecule has 0 spiro atoms. The van der Waals surface area contributed by atoms with Crippen molar-refractivity contribution in [3.8, 4) is 0 Å². The number of benzene rings is 2. The van der Waals surface area contributed by atoms with Gasteiger partial charge in [0, 0.05) is 22.9 Å². The Balaban J connectivity index is 2.06. The summed E-state index contributed by atoms with van der Waals surface area (Å²) in [4.78, 5) is 24.3. The van der Waals surface area contributed by atoms with Crippen molar-refractivity contribution in [3.05, 3.63) is 58.7 Å². The van der Waals surface area contributed by atoms with E-state index in [-0.39, 0.29) is 41.9 Å². The van der Waals surface area contributed by atoms with Gasteiger partial charge in [0.15, 0.2) is 5.69 Å². The van der Waals surface area contributed by atoms with Gasteiger partial charge in [-0.1, -0.05) is 34.1 Å². The highest BCUT2D eigenvalue weighted by Crippen LogP contribution is 2.35. The molecule has 3 rings (SSSR count). The van der Waals surface area contributed by atoms with Crippen LogP contribution < -0.4 is 10.0 Å². The van der Waals surface area contributed by atoms with Crippen molar-refractivity contribution < 1.29 is 35.9 Å². The molecule has 11 nitrogen and oxygen atoms in total. The highest BCUT2D eigenvalue weighted by Gasteiger charge is 2.37. The molecule has 3 aromatic rings. The summed E-state index contributed by atoms with van der Waals surface area (Å²) in [5, 5.41) is 2.54. The third-order valence-electron chi connectivity index (χ3n) is 5.17. The Morgan fingerprint density at radius 3 is 2.28 bits per heavy atom. The molecule has 0 aliphatic heterocycles. The lowest BCUT2D eigenvalue weighted by molar-refractivity contribution is 0.0508. The van der Waals surface area contributed by atoms with E-state index in [1.54, 1.807) is 32.9 Å². The molecule has 0 bridgehead atoms. The van der Waals surface area contributed by atoms with E-state index in [0.717, 1.165) is 0 Å². The number of hydrogen-bond donors (Lipinski definition) is 2. The van der Waals surface area contributed by atoms with Gasteiger partial charge in [-0.25, -0.2) is 35.1 Å². The molecule has 0 aliphatic rings. The predicted octanol–water partition coefficient (Wildman–Crippen LogP) is 4.01. The maximum Gasteiger partial charge on any atom is 0.407 e. The van der Waals surface area contributed by atoms with Crippen molar-refractivity contribution >= 4 is 58.9 Å². The molecule has 0 radical (unpaired) electrons. The van der Waals surface area contributed by atoms with Gasteiger partial charge in [0.05, 0.1) is 17.0 Å². The van der Waals surface area contributed by atoms with Crippen LogP contribution >= 0.6 is 15.9 Å². The number of halogens is 1. The van der Waals surface area contributed by atoms with E-state index in [9.17, 15) is 26.4 Å². The van der Waals surface area contributed by atoms with E-state index in [4.69, 9.17) is 9.47 Å². The lowest BCUT2D eigenvalue weighted by Gasteiger charge is -2.19. The van der Waals surface area contributed by atoms with Crippen LogP contribution in [0.2, 0.25) is 0 Å². The number of carbonyl (C=O) groups is 2. The number of sulfonamides is 1. The molecule has 0 unspecified atom stereocenters. The molecule has 39 heavy (non-hydrogen) atoms. The molecule has 2 N–H and O–H groups in total. The molecule has 0 aliphatic carbocycles. The molecule has 212 valence electrons. The molecule has 0 saturated heterocycles. The Labute approximate surface area is 236 Å². The Morgan fingerprint density at radius 1 is 1.00 bits per heavy atom. The smallest absolute Gasteiger partial charge is 0.407 e. The fourth-order valence-corrected chi connectivity index (χ4v) is 7.07. The molecule has 1 amide bonds. The van der Waals surface area contributed by atoms with Crippen LogP contribution in [0, 0.1) is 0 Å². The molecule has 2 aromatic carbocycles. The zero-order valence-corrected chi connectivity index (χ0v) is 25.1. The summed E-state index contributed by atoms with van der Waals surface area (Å²) in [6.45, 7) is 6.55. The number of ether oxygens (including phenoxy) is 2. The first kappa shape index (κ1) is 30.6. The van der Waals surface area contributed by atoms with Gasteiger partial charge in [-0.05, 0) is 64.4 Å². The second-order valence-corrected chi connectivity index (χ2v) is 13.7. The number of nitrogens with one attached hydrogen (secondary N) is 2. The van der Waals surface area contributed by atoms with E-state index >= 15 is 0 Å². The molecular formula is C25H30BrN3O8S2. The Kier molecular flexibility index (Phi) is 9.47. The van der Waals surface area contributed by atoms with Crippen LogP contribution in [0.3, 0.4) is 0 Å². The zero-order chi connectivity index (χ0) is 29.0. The van der Waals surface area contributed by atoms with Gasteiger partial charge >= 0.3 is 12.1 Å². The molecular weight excluding hydrogens is 614 g/mol. The Bertz CT molecular complexity index is 1580. The summed E-state index contributed by atoms with van der Waals surface area (Å²) < 4.78 is 68.5. The van der Waals surface area contributed by atoms with Crippen LogP contribution in [-0.2, 0) is 29.5 Å². The average Bonchev–Trinajstić information content (AvgIpc) is 3.19. The van der Waals surface area contributed by atoms with Gasteiger partial charge in [-0.2, -0.15) is 0 Å². The molecule has 0 saturated carbocycles. The van der Waals surface area contributed by atoms with Crippen molar-refractivity contribution in [1.82, 2.24) is 14.0 Å². The topological polar surface area (TPSA) is 150 Å². The molecule has 1 aromatic heterocycles. The third kappa shape index (κ3) is 7.18. The molecule has 0 atom stereocenters. The first-order valence-corrected chi connectivity index (χ1v) is 15.7. The van der Waals surface area contributed by atoms with Gasteiger partial charge in [-0.3, -0.25) is 0 Å². The number of carbonyl (C=O) groups excluding carboxylic acids is 2. The fraction of sp³-hybridized carbons (Fsp3) is 0.360. The van der Waals surface area contributed by atoms with Crippen LogP contribution in [0.5, 0.6) is 0 Å². The van der Waals surface area contributed by atoms with Crippen LogP contribution in [0.25, 0.3) is 10.9 Å². The second-order valence-electron chi connectivity index (χ2n) is 9.32. The highest BCUT2D eigenvalue weighted by atomic mass is 79.9. The fourth-order valence-electron chi connectivity index (χ4n) is 3.67. The van der Waals surface area contributed by atoms with E-state index in [2.05, 4.69) is 26.0 Å². The van der Waals surface area contributed by atoms with E-state index in [0.29, 0.717) is 8.45 Å². The van der Waals surface area contributed by atoms with E-state index in [1.807, 2.05) is 0 Å². The summed E-state index contributed by atoms with van der Waals surface area (Å²) in [5.41, 5.74) is -1.34. The largest absolute Gasteiger partial charge is 0.461 e. The maximum absolute atomic E-state index is 13.7. The van der Waals surface area contributed by atoms with Crippen LogP contribution in [-0.4, -0.2) is 58.2 Å². The number of fused-ring (bicyclic) bond motifs is 1. The quantitative estimate of drug-likeness (QED) is 0.248. The summed E-state index contributed by atoms with van der Waals surface area (Å²) in [7, 11) is -8.87. The van der Waals surface area contributed by atoms with Crippen LogP contribution in [0.15, 0.2) is 62.8 Å². The lowest BCUT2D eigenvalue weighted by Crippen LogP contribution is -2.34. The van der Waals surface area contributed by atoms with Gasteiger partial charge < -0.3 is 14.8 Å². The van der Waals surface area contributed by atoms with Crippen LogP contribution in [0.4, 0.5) is 4.79 Å². The van der Waals surface area contributed by atoms with Crippen molar-refractivity contribution in [2.75, 3.05) is 19.7 Å². The number of alkyl carbamates (subject to hydrolysis) is 1. The number of esters is 1. The standard InChI is InChI=1S/C25H30BrN3O8S2/c1-5-36-23(30)21-22(38(32,33)28-15-9-14-27-24(31)37-25(2,3)4)19-16-17(26)12-13-20(19)29(21)39(34,35)18-10-7-6-8-11-18/h6-8,10-13,16,28H,5,9,14-15H2,1-4H3,(H,27,31). The van der Waals surface area contributed by atoms with E-state index in [1.165, 1.54) is 43.3 Å². The second kappa shape index (κ2) is 12.1. The summed E-state index contributed by atoms with van der Waals surface area (Å²) >= 11 is 3.30. The predicted molar refractivity (Wildman–Crippen MR) is 149 cm³/mol. The first-order chi connectivity index (χ1) is 18.2. The van der Waals surface area contributed by atoms with Crippen molar-refractivity contribution in [3.63, 3.8) is 0 Å². The number of hydrogen-bond acceptors (Lipinski definition) is 8. The SMILES string of the molecule is CCOC(=O)c1c(S(=O)(=O)NCCCNC(=O)OC(C)(C)C)c2cc(Br)ccc2n1S(=O)(=O)c1ccccc1. The average molecular weight is 645 g/mol. The van der Waals surface area contributed by atoms with E-state index < -0.39 is 48.3 Å². The molecule has 1 heterocycles. The summed E-state index contributed by atoms with van der Waals surface area (Å²) in [6, 6.07) is 11.7.